The van der Waals surface area contributed by atoms with E-state index >= 15 is 0 Å². The van der Waals surface area contributed by atoms with E-state index in [0.29, 0.717) is 17.5 Å². The van der Waals surface area contributed by atoms with Crippen molar-refractivity contribution in [1.82, 2.24) is 19.9 Å². The van der Waals surface area contributed by atoms with Gasteiger partial charge < -0.3 is 4.90 Å². The summed E-state index contributed by atoms with van der Waals surface area (Å²) < 4.78 is 0. The maximum absolute atomic E-state index is 5.25. The summed E-state index contributed by atoms with van der Waals surface area (Å²) in [5.41, 5.74) is 7.14. The Morgan fingerprint density at radius 3 is 1.76 bits per heavy atom. The minimum atomic E-state index is 0.633. The maximum atomic E-state index is 5.25. The average Bonchev–Trinajstić information content (AvgIpc) is 3.24. The summed E-state index contributed by atoms with van der Waals surface area (Å²) in [5, 5.41) is 8.02. The van der Waals surface area contributed by atoms with Crippen molar-refractivity contribution in [2.24, 2.45) is 0 Å². The number of fused-ring (bicyclic) bond motifs is 7. The Bertz CT molecular complexity index is 3020. The van der Waals surface area contributed by atoms with E-state index < -0.39 is 0 Å². The molecule has 1 aliphatic rings. The molecule has 11 rings (SSSR count). The zero-order chi connectivity index (χ0) is 35.6. The van der Waals surface area contributed by atoms with E-state index in [1.807, 2.05) is 12.3 Å². The van der Waals surface area contributed by atoms with Gasteiger partial charge in [0, 0.05) is 48.8 Å². The number of benzene rings is 8. The highest BCUT2D eigenvalue weighted by atomic mass is 32.2. The molecule has 8 aromatic carbocycles. The van der Waals surface area contributed by atoms with Crippen LogP contribution in [0, 0.1) is 0 Å². The van der Waals surface area contributed by atoms with Crippen LogP contribution in [-0.2, 0) is 0 Å². The summed E-state index contributed by atoms with van der Waals surface area (Å²) in [6.07, 6.45) is 1.87. The van der Waals surface area contributed by atoms with E-state index in [1.165, 1.54) is 10.8 Å². The smallest absolute Gasteiger partial charge is 0.165 e. The molecule has 0 saturated heterocycles. The predicted molar refractivity (Wildman–Crippen MR) is 223 cm³/mol. The number of nitrogens with zero attached hydrogens (tertiary/aromatic N) is 5. The molecule has 0 atom stereocenters. The molecule has 252 valence electrons. The van der Waals surface area contributed by atoms with Gasteiger partial charge in [0.1, 0.15) is 0 Å². The largest absolute Gasteiger partial charge is 0.308 e. The van der Waals surface area contributed by atoms with Gasteiger partial charge in [-0.2, -0.15) is 0 Å². The van der Waals surface area contributed by atoms with Crippen LogP contribution in [-0.4, -0.2) is 19.9 Å². The summed E-state index contributed by atoms with van der Waals surface area (Å²) in [5.74, 6) is 1.91. The van der Waals surface area contributed by atoms with E-state index in [9.17, 15) is 0 Å². The van der Waals surface area contributed by atoms with Crippen molar-refractivity contribution in [2.75, 3.05) is 4.90 Å². The monoisotopic (exact) mass is 707 g/mol. The topological polar surface area (TPSA) is 54.8 Å². The van der Waals surface area contributed by atoms with Gasteiger partial charge in [-0.05, 0) is 70.1 Å². The van der Waals surface area contributed by atoms with Crippen LogP contribution in [0.5, 0.6) is 0 Å². The van der Waals surface area contributed by atoms with Crippen molar-refractivity contribution in [3.63, 3.8) is 0 Å². The van der Waals surface area contributed by atoms with E-state index in [0.717, 1.165) is 76.0 Å². The maximum Gasteiger partial charge on any atom is 0.165 e. The minimum Gasteiger partial charge on any atom is -0.308 e. The molecule has 0 fully saturated rings. The summed E-state index contributed by atoms with van der Waals surface area (Å²) >= 11 is 1.76. The van der Waals surface area contributed by atoms with Crippen LogP contribution in [0.3, 0.4) is 0 Å². The Hall–Kier alpha value is -6.89. The van der Waals surface area contributed by atoms with Gasteiger partial charge >= 0.3 is 0 Å². The number of hydrogen-bond donors (Lipinski definition) is 0. The molecular weight excluding hydrogens is 679 g/mol. The van der Waals surface area contributed by atoms with Crippen molar-refractivity contribution in [3.8, 4) is 34.2 Å². The highest BCUT2D eigenvalue weighted by Crippen LogP contribution is 2.55. The second kappa shape index (κ2) is 12.4. The lowest BCUT2D eigenvalue weighted by Crippen LogP contribution is -2.16. The number of hydrogen-bond acceptors (Lipinski definition) is 6. The molecule has 0 spiro atoms. The van der Waals surface area contributed by atoms with Crippen molar-refractivity contribution >= 4 is 72.0 Å². The molecule has 0 unspecified atom stereocenters. The summed E-state index contributed by atoms with van der Waals surface area (Å²) in [7, 11) is 0. The normalized spacial score (nSPS) is 12.3. The number of anilines is 3. The molecule has 5 nitrogen and oxygen atoms in total. The Labute approximate surface area is 315 Å². The Balaban J connectivity index is 1.14. The first-order valence-electron chi connectivity index (χ1n) is 18.0. The van der Waals surface area contributed by atoms with E-state index in [2.05, 4.69) is 169 Å². The average molecular weight is 708 g/mol. The fourth-order valence-corrected chi connectivity index (χ4v) is 8.87. The van der Waals surface area contributed by atoms with Crippen LogP contribution in [0.4, 0.5) is 17.1 Å². The lowest BCUT2D eigenvalue weighted by molar-refractivity contribution is 1.06. The molecule has 0 amide bonds. The molecule has 0 saturated carbocycles. The third kappa shape index (κ3) is 5.03. The predicted octanol–water partition coefficient (Wildman–Crippen LogP) is 12.8. The second-order valence-corrected chi connectivity index (χ2v) is 14.6. The van der Waals surface area contributed by atoms with Crippen molar-refractivity contribution in [3.05, 3.63) is 176 Å². The first-order chi connectivity index (χ1) is 26.7. The molecule has 0 aliphatic carbocycles. The highest BCUT2D eigenvalue weighted by molar-refractivity contribution is 8.00. The van der Waals surface area contributed by atoms with Crippen molar-refractivity contribution in [1.29, 1.82) is 0 Å². The number of aromatic nitrogens is 4. The molecule has 10 aromatic rings. The Kier molecular flexibility index (Phi) is 7.03. The first-order valence-corrected chi connectivity index (χ1v) is 18.8. The Morgan fingerprint density at radius 1 is 0.407 bits per heavy atom. The third-order valence-electron chi connectivity index (χ3n) is 10.3. The fourth-order valence-electron chi connectivity index (χ4n) is 7.70. The summed E-state index contributed by atoms with van der Waals surface area (Å²) in [4.78, 5) is 25.1. The molecular formula is C48H29N5S. The summed E-state index contributed by atoms with van der Waals surface area (Å²) in [6.45, 7) is 0. The van der Waals surface area contributed by atoms with Crippen molar-refractivity contribution in [2.45, 2.75) is 9.79 Å². The molecule has 6 heteroatoms. The van der Waals surface area contributed by atoms with E-state index in [1.54, 1.807) is 11.8 Å². The lowest BCUT2D eigenvalue weighted by atomic mass is 10.0. The molecule has 0 radical (unpaired) electrons. The van der Waals surface area contributed by atoms with Gasteiger partial charge in [-0.25, -0.2) is 15.0 Å². The first kappa shape index (κ1) is 30.7. The Morgan fingerprint density at radius 2 is 1.00 bits per heavy atom. The fraction of sp³-hybridized carbons (Fsp3) is 0. The molecule has 2 aromatic heterocycles. The van der Waals surface area contributed by atoms with Crippen LogP contribution < -0.4 is 4.90 Å². The quantitative estimate of drug-likeness (QED) is 0.170. The van der Waals surface area contributed by atoms with Crippen molar-refractivity contribution < 1.29 is 0 Å². The van der Waals surface area contributed by atoms with Gasteiger partial charge in [-0.3, -0.25) is 4.98 Å². The lowest BCUT2D eigenvalue weighted by Gasteiger charge is -2.34. The SMILES string of the molecule is c1ccc2c(c1)Sc1c(-c3nc(-c4ccc5ccccc5c4)nc(-c4ccc5ccccc5c4)n3)cccc1N2c1cccc2c1ccc1cccnc12. The molecule has 1 aliphatic heterocycles. The van der Waals surface area contributed by atoms with Gasteiger partial charge in [-0.1, -0.05) is 133 Å². The van der Waals surface area contributed by atoms with Gasteiger partial charge in [0.15, 0.2) is 17.5 Å². The van der Waals surface area contributed by atoms with Gasteiger partial charge in [0.05, 0.1) is 22.6 Å². The van der Waals surface area contributed by atoms with E-state index in [4.69, 9.17) is 19.9 Å². The van der Waals surface area contributed by atoms with E-state index in [-0.39, 0.29) is 0 Å². The minimum absolute atomic E-state index is 0.633. The van der Waals surface area contributed by atoms with Crippen LogP contribution in [0.15, 0.2) is 186 Å². The number of pyridine rings is 1. The number of rotatable bonds is 4. The van der Waals surface area contributed by atoms with Gasteiger partial charge in [-0.15, -0.1) is 0 Å². The molecule has 0 N–H and O–H groups in total. The standard InChI is InChI=1S/C48H29N5S/c1-3-12-33-28-35(23-21-30(33)10-1)46-50-47(36-24-22-31-11-2-4-13-34(31)29-36)52-48(51-46)39-16-8-19-42-45(39)54-43-20-6-5-17-41(43)53(42)40-18-7-15-38-37(40)26-25-32-14-9-27-49-44(32)38/h1-29H. The second-order valence-electron chi connectivity index (χ2n) is 13.5. The van der Waals surface area contributed by atoms with Crippen LogP contribution >= 0.6 is 11.8 Å². The number of para-hydroxylation sites is 1. The van der Waals surface area contributed by atoms with Crippen LogP contribution in [0.25, 0.3) is 77.4 Å². The zero-order valence-electron chi connectivity index (χ0n) is 28.9. The molecule has 3 heterocycles. The molecule has 0 bridgehead atoms. The zero-order valence-corrected chi connectivity index (χ0v) is 29.7. The third-order valence-corrected chi connectivity index (χ3v) is 11.5. The van der Waals surface area contributed by atoms with Crippen LogP contribution in [0.1, 0.15) is 0 Å². The van der Waals surface area contributed by atoms with Gasteiger partial charge in [0.25, 0.3) is 0 Å². The molecule has 54 heavy (non-hydrogen) atoms. The highest BCUT2D eigenvalue weighted by Gasteiger charge is 2.29. The van der Waals surface area contributed by atoms with Gasteiger partial charge in [0.2, 0.25) is 0 Å². The van der Waals surface area contributed by atoms with Crippen LogP contribution in [0.2, 0.25) is 0 Å². The summed E-state index contributed by atoms with van der Waals surface area (Å²) in [6, 6.07) is 59.7.